The molecule has 0 saturated carbocycles. The molecule has 1 heterocycles. The van der Waals surface area contributed by atoms with E-state index in [0.29, 0.717) is 36.8 Å². The van der Waals surface area contributed by atoms with Crippen molar-refractivity contribution in [2.45, 2.75) is 38.9 Å². The normalized spacial score (nSPS) is 18.3. The van der Waals surface area contributed by atoms with Crippen molar-refractivity contribution in [3.8, 4) is 22.3 Å². The maximum absolute atomic E-state index is 14.9. The van der Waals surface area contributed by atoms with E-state index in [4.69, 9.17) is 9.47 Å². The Morgan fingerprint density at radius 2 is 1.29 bits per heavy atom. The van der Waals surface area contributed by atoms with Gasteiger partial charge in [0.05, 0.1) is 13.2 Å². The Bertz CT molecular complexity index is 1130. The van der Waals surface area contributed by atoms with E-state index in [9.17, 15) is 22.0 Å². The Morgan fingerprint density at radius 1 is 0.706 bits per heavy atom. The molecule has 4 rings (SSSR count). The van der Waals surface area contributed by atoms with Crippen molar-refractivity contribution in [1.82, 2.24) is 0 Å². The van der Waals surface area contributed by atoms with Crippen molar-refractivity contribution in [2.24, 2.45) is 5.92 Å². The molecule has 0 aliphatic carbocycles. The maximum atomic E-state index is 14.9. The highest BCUT2D eigenvalue weighted by Crippen LogP contribution is 2.33. The molecule has 0 aromatic heterocycles. The molecule has 180 valence electrons. The first kappa shape index (κ1) is 24.4. The van der Waals surface area contributed by atoms with E-state index in [-0.39, 0.29) is 22.3 Å². The van der Waals surface area contributed by atoms with Crippen molar-refractivity contribution in [1.29, 1.82) is 0 Å². The average molecular weight is 476 g/mol. The summed E-state index contributed by atoms with van der Waals surface area (Å²) < 4.78 is 81.5. The standard InChI is InChI=1S/C27H25F5O2/c1-2-3-4-5-16-14-33-27(34-15-16)18-7-9-20(23(29)11-18)17-6-8-21(22(28)10-17)19-12-24(30)26(32)25(31)13-19/h6-13,16,27H,2-5,14-15H2,1H3. The van der Waals surface area contributed by atoms with Crippen LogP contribution in [0.1, 0.15) is 44.5 Å². The van der Waals surface area contributed by atoms with Crippen molar-refractivity contribution in [2.75, 3.05) is 13.2 Å². The number of halogens is 5. The summed E-state index contributed by atoms with van der Waals surface area (Å²) >= 11 is 0. The van der Waals surface area contributed by atoms with Crippen LogP contribution in [0.2, 0.25) is 0 Å². The lowest BCUT2D eigenvalue weighted by molar-refractivity contribution is -0.206. The van der Waals surface area contributed by atoms with Gasteiger partial charge in [0, 0.05) is 22.6 Å². The molecule has 0 atom stereocenters. The van der Waals surface area contributed by atoms with E-state index in [0.717, 1.165) is 25.3 Å². The number of ether oxygens (including phenoxy) is 2. The van der Waals surface area contributed by atoms with E-state index in [1.54, 1.807) is 6.07 Å². The van der Waals surface area contributed by atoms with E-state index >= 15 is 0 Å². The molecular formula is C27H25F5O2. The third-order valence-electron chi connectivity index (χ3n) is 6.02. The minimum atomic E-state index is -1.62. The molecule has 0 N–H and O–H groups in total. The molecule has 0 spiro atoms. The van der Waals surface area contributed by atoms with E-state index in [1.165, 1.54) is 30.7 Å². The highest BCUT2D eigenvalue weighted by molar-refractivity contribution is 5.71. The molecule has 34 heavy (non-hydrogen) atoms. The maximum Gasteiger partial charge on any atom is 0.194 e. The molecule has 0 bridgehead atoms. The quantitative estimate of drug-likeness (QED) is 0.196. The molecule has 2 nitrogen and oxygen atoms in total. The highest BCUT2D eigenvalue weighted by atomic mass is 19.2. The summed E-state index contributed by atoms with van der Waals surface area (Å²) in [7, 11) is 0. The molecule has 0 unspecified atom stereocenters. The first-order valence-corrected chi connectivity index (χ1v) is 11.3. The van der Waals surface area contributed by atoms with Gasteiger partial charge in [-0.05, 0) is 41.8 Å². The van der Waals surface area contributed by atoms with Crippen molar-refractivity contribution < 1.29 is 31.4 Å². The van der Waals surface area contributed by atoms with Crippen LogP contribution in [0.25, 0.3) is 22.3 Å². The molecule has 0 amide bonds. The molecule has 1 fully saturated rings. The van der Waals surface area contributed by atoms with Gasteiger partial charge in [-0.25, -0.2) is 22.0 Å². The number of hydrogen-bond donors (Lipinski definition) is 0. The number of unbranched alkanes of at least 4 members (excludes halogenated alkanes) is 2. The number of hydrogen-bond acceptors (Lipinski definition) is 2. The van der Waals surface area contributed by atoms with Gasteiger partial charge in [0.1, 0.15) is 11.6 Å². The molecule has 1 aliphatic rings. The first-order valence-electron chi connectivity index (χ1n) is 11.3. The molecule has 7 heteroatoms. The van der Waals surface area contributed by atoms with Crippen LogP contribution in [-0.2, 0) is 9.47 Å². The SMILES string of the molecule is CCCCCC1COC(c2ccc(-c3ccc(-c4cc(F)c(F)c(F)c4)c(F)c3)c(F)c2)OC1. The van der Waals surface area contributed by atoms with Gasteiger partial charge in [-0.2, -0.15) is 0 Å². The van der Waals surface area contributed by atoms with E-state index < -0.39 is 35.4 Å². The van der Waals surface area contributed by atoms with Crippen LogP contribution >= 0.6 is 0 Å². The zero-order chi connectivity index (χ0) is 24.2. The second-order valence-electron chi connectivity index (χ2n) is 8.55. The molecule has 1 aliphatic heterocycles. The van der Waals surface area contributed by atoms with Crippen LogP contribution in [0, 0.1) is 35.0 Å². The second-order valence-corrected chi connectivity index (χ2v) is 8.55. The molecule has 1 saturated heterocycles. The third kappa shape index (κ3) is 5.31. The lowest BCUT2D eigenvalue weighted by atomic mass is 9.98. The minimum absolute atomic E-state index is 0.129. The van der Waals surface area contributed by atoms with E-state index in [2.05, 4.69) is 6.92 Å². The predicted molar refractivity (Wildman–Crippen MR) is 119 cm³/mol. The van der Waals surface area contributed by atoms with Gasteiger partial charge in [-0.1, -0.05) is 50.5 Å². The van der Waals surface area contributed by atoms with Gasteiger partial charge in [0.25, 0.3) is 0 Å². The van der Waals surface area contributed by atoms with Crippen LogP contribution in [0.5, 0.6) is 0 Å². The Hall–Kier alpha value is -2.77. The minimum Gasteiger partial charge on any atom is -0.348 e. The Balaban J connectivity index is 1.49. The van der Waals surface area contributed by atoms with Crippen molar-refractivity contribution >= 4 is 0 Å². The van der Waals surface area contributed by atoms with Gasteiger partial charge in [0.15, 0.2) is 23.7 Å². The van der Waals surface area contributed by atoms with Crippen LogP contribution in [-0.4, -0.2) is 13.2 Å². The van der Waals surface area contributed by atoms with Gasteiger partial charge < -0.3 is 9.47 Å². The van der Waals surface area contributed by atoms with Gasteiger partial charge in [-0.3, -0.25) is 0 Å². The summed E-state index contributed by atoms with van der Waals surface area (Å²) in [5, 5.41) is 0. The van der Waals surface area contributed by atoms with Crippen LogP contribution < -0.4 is 0 Å². The summed E-state index contributed by atoms with van der Waals surface area (Å²) in [4.78, 5) is 0. The topological polar surface area (TPSA) is 18.5 Å². The third-order valence-corrected chi connectivity index (χ3v) is 6.02. The number of rotatable bonds is 7. The van der Waals surface area contributed by atoms with E-state index in [1.807, 2.05) is 0 Å². The zero-order valence-corrected chi connectivity index (χ0v) is 18.7. The van der Waals surface area contributed by atoms with Crippen molar-refractivity contribution in [3.63, 3.8) is 0 Å². The summed E-state index contributed by atoms with van der Waals surface area (Å²) in [5.74, 6) is -5.53. The lowest BCUT2D eigenvalue weighted by Crippen LogP contribution is -2.27. The predicted octanol–water partition coefficient (Wildman–Crippen LogP) is 7.96. The summed E-state index contributed by atoms with van der Waals surface area (Å²) in [6.07, 6.45) is 3.83. The molecule has 3 aromatic rings. The lowest BCUT2D eigenvalue weighted by Gasteiger charge is -2.29. The van der Waals surface area contributed by atoms with Crippen LogP contribution in [0.3, 0.4) is 0 Å². The smallest absolute Gasteiger partial charge is 0.194 e. The fourth-order valence-corrected chi connectivity index (χ4v) is 4.13. The van der Waals surface area contributed by atoms with Gasteiger partial charge in [-0.15, -0.1) is 0 Å². The summed E-state index contributed by atoms with van der Waals surface area (Å²) in [5.41, 5.74) is 0.642. The average Bonchev–Trinajstić information content (AvgIpc) is 2.83. The fourth-order valence-electron chi connectivity index (χ4n) is 4.13. The summed E-state index contributed by atoms with van der Waals surface area (Å²) in [6, 6.07) is 9.68. The Kier molecular flexibility index (Phi) is 7.63. The second kappa shape index (κ2) is 10.7. The molecule has 3 aromatic carbocycles. The monoisotopic (exact) mass is 476 g/mol. The number of benzene rings is 3. The van der Waals surface area contributed by atoms with Crippen molar-refractivity contribution in [3.05, 3.63) is 83.2 Å². The Labute approximate surface area is 195 Å². The highest BCUT2D eigenvalue weighted by Gasteiger charge is 2.24. The van der Waals surface area contributed by atoms with Gasteiger partial charge >= 0.3 is 0 Å². The van der Waals surface area contributed by atoms with Gasteiger partial charge in [0.2, 0.25) is 0 Å². The zero-order valence-electron chi connectivity index (χ0n) is 18.7. The van der Waals surface area contributed by atoms with Crippen LogP contribution in [0.15, 0.2) is 48.5 Å². The first-order chi connectivity index (χ1) is 16.4. The molecule has 0 radical (unpaired) electrons. The van der Waals surface area contributed by atoms with Crippen LogP contribution in [0.4, 0.5) is 22.0 Å². The summed E-state index contributed by atoms with van der Waals surface area (Å²) in [6.45, 7) is 3.25. The molecular weight excluding hydrogens is 451 g/mol. The Morgan fingerprint density at radius 3 is 1.91 bits per heavy atom. The largest absolute Gasteiger partial charge is 0.348 e. The fraction of sp³-hybridized carbons (Fsp3) is 0.333.